The third-order valence-corrected chi connectivity index (χ3v) is 6.29. The van der Waals surface area contributed by atoms with Gasteiger partial charge in [0.1, 0.15) is 12.1 Å². The highest BCUT2D eigenvalue weighted by Gasteiger charge is 2.50. The molecule has 2 heterocycles. The molecule has 0 bridgehead atoms. The predicted octanol–water partition coefficient (Wildman–Crippen LogP) is 2.41. The smallest absolute Gasteiger partial charge is 0.325 e. The Morgan fingerprint density at radius 2 is 1.91 bits per heavy atom. The fourth-order valence-corrected chi connectivity index (χ4v) is 4.43. The Morgan fingerprint density at radius 1 is 1.16 bits per heavy atom. The van der Waals surface area contributed by atoms with Gasteiger partial charge in [0.05, 0.1) is 12.5 Å². The second kappa shape index (κ2) is 8.61. The normalized spacial score (nSPS) is 23.4. The van der Waals surface area contributed by atoms with Crippen LogP contribution < -0.4 is 5.32 Å². The van der Waals surface area contributed by atoms with E-state index in [0.29, 0.717) is 31.6 Å². The van der Waals surface area contributed by atoms with Crippen molar-refractivity contribution < 1.29 is 23.9 Å². The van der Waals surface area contributed by atoms with Gasteiger partial charge in [-0.3, -0.25) is 19.3 Å². The van der Waals surface area contributed by atoms with E-state index in [2.05, 4.69) is 5.32 Å². The summed E-state index contributed by atoms with van der Waals surface area (Å²) in [5.74, 6) is -1.52. The number of piperidine rings is 1. The number of fused-ring (bicyclic) bond motifs is 1. The molecule has 2 aliphatic rings. The number of rotatable bonds is 5. The van der Waals surface area contributed by atoms with E-state index < -0.39 is 17.5 Å². The summed E-state index contributed by atoms with van der Waals surface area (Å²) in [6.07, 6.45) is 1.33. The summed E-state index contributed by atoms with van der Waals surface area (Å²) < 4.78 is 5.08. The van der Waals surface area contributed by atoms with E-state index in [9.17, 15) is 19.2 Å². The van der Waals surface area contributed by atoms with E-state index in [1.54, 1.807) is 13.8 Å². The van der Waals surface area contributed by atoms with Crippen LogP contribution in [-0.2, 0) is 24.7 Å². The number of urea groups is 1. The first kappa shape index (κ1) is 21.8. The molecule has 0 spiro atoms. The van der Waals surface area contributed by atoms with Gasteiger partial charge in [-0.15, -0.1) is 0 Å². The molecular formula is C24H27N3O5. The van der Waals surface area contributed by atoms with Crippen molar-refractivity contribution in [3.63, 3.8) is 0 Å². The number of carbonyl (C=O) groups excluding carboxylic acids is 4. The van der Waals surface area contributed by atoms with Crippen LogP contribution in [0.2, 0.25) is 0 Å². The van der Waals surface area contributed by atoms with Crippen molar-refractivity contribution >= 4 is 34.6 Å². The second-order valence-electron chi connectivity index (χ2n) is 8.44. The molecule has 0 radical (unpaired) electrons. The van der Waals surface area contributed by atoms with Gasteiger partial charge in [-0.05, 0) is 49.1 Å². The molecule has 0 unspecified atom stereocenters. The number of imide groups is 1. The Balaban J connectivity index is 1.48. The molecule has 0 aromatic heterocycles. The van der Waals surface area contributed by atoms with Crippen LogP contribution in [0.15, 0.2) is 42.5 Å². The summed E-state index contributed by atoms with van der Waals surface area (Å²) >= 11 is 0. The second-order valence-corrected chi connectivity index (χ2v) is 8.44. The molecule has 1 N–H and O–H groups in total. The van der Waals surface area contributed by atoms with Gasteiger partial charge in [-0.1, -0.05) is 36.4 Å². The molecule has 4 rings (SSSR count). The lowest BCUT2D eigenvalue weighted by atomic mass is 9.90. The molecule has 0 saturated carbocycles. The zero-order valence-electron chi connectivity index (χ0n) is 18.3. The van der Waals surface area contributed by atoms with Crippen LogP contribution >= 0.6 is 0 Å². The number of amides is 4. The van der Waals surface area contributed by atoms with Crippen molar-refractivity contribution in [3.05, 3.63) is 48.0 Å². The first-order valence-electron chi connectivity index (χ1n) is 10.9. The Hall–Kier alpha value is -3.42. The van der Waals surface area contributed by atoms with Crippen molar-refractivity contribution in [1.29, 1.82) is 0 Å². The van der Waals surface area contributed by atoms with Gasteiger partial charge in [0.2, 0.25) is 5.91 Å². The zero-order chi connectivity index (χ0) is 22.9. The topological polar surface area (TPSA) is 96.0 Å². The molecular weight excluding hydrogens is 410 g/mol. The quantitative estimate of drug-likeness (QED) is 0.573. The molecule has 2 aromatic rings. The standard InChI is InChI=1S/C24H27N3O5/c1-3-32-21(29)18-9-6-12-26(14-18)20(28)15-27-22(30)24(2,25-23(27)31)19-11-10-16-7-4-5-8-17(16)13-19/h4-5,7-8,10-11,13,18H,3,6,9,12,14-15H2,1-2H3,(H,25,31)/t18-,24-/m1/s1. The van der Waals surface area contributed by atoms with Crippen LogP contribution in [0, 0.1) is 5.92 Å². The molecule has 4 amide bonds. The molecule has 0 aliphatic carbocycles. The van der Waals surface area contributed by atoms with E-state index in [1.165, 1.54) is 4.90 Å². The van der Waals surface area contributed by atoms with Gasteiger partial charge in [-0.2, -0.15) is 0 Å². The summed E-state index contributed by atoms with van der Waals surface area (Å²) in [6, 6.07) is 12.8. The number of benzene rings is 2. The van der Waals surface area contributed by atoms with Crippen molar-refractivity contribution in [2.75, 3.05) is 26.2 Å². The molecule has 2 aliphatic heterocycles. The van der Waals surface area contributed by atoms with Gasteiger partial charge in [0.25, 0.3) is 5.91 Å². The number of likely N-dealkylation sites (tertiary alicyclic amines) is 1. The average molecular weight is 437 g/mol. The van der Waals surface area contributed by atoms with Gasteiger partial charge < -0.3 is 15.0 Å². The van der Waals surface area contributed by atoms with Gasteiger partial charge in [0, 0.05) is 13.1 Å². The van der Waals surface area contributed by atoms with E-state index in [4.69, 9.17) is 4.74 Å². The Labute approximate surface area is 186 Å². The fraction of sp³-hybridized carbons (Fsp3) is 0.417. The van der Waals surface area contributed by atoms with E-state index in [-0.39, 0.29) is 30.9 Å². The van der Waals surface area contributed by atoms with E-state index in [0.717, 1.165) is 15.7 Å². The summed E-state index contributed by atoms with van der Waals surface area (Å²) in [5, 5.41) is 4.75. The minimum atomic E-state index is -1.25. The lowest BCUT2D eigenvalue weighted by molar-refractivity contribution is -0.152. The maximum Gasteiger partial charge on any atom is 0.325 e. The Bertz CT molecular complexity index is 1080. The fourth-order valence-electron chi connectivity index (χ4n) is 4.43. The van der Waals surface area contributed by atoms with Gasteiger partial charge in [-0.25, -0.2) is 4.79 Å². The van der Waals surface area contributed by atoms with Crippen molar-refractivity contribution in [2.24, 2.45) is 5.92 Å². The maximum absolute atomic E-state index is 13.2. The Morgan fingerprint density at radius 3 is 2.66 bits per heavy atom. The van der Waals surface area contributed by atoms with Crippen LogP contribution in [0.25, 0.3) is 10.8 Å². The van der Waals surface area contributed by atoms with Crippen molar-refractivity contribution in [3.8, 4) is 0 Å². The number of hydrogen-bond acceptors (Lipinski definition) is 5. The minimum absolute atomic E-state index is 0.239. The van der Waals surface area contributed by atoms with Gasteiger partial charge in [0.15, 0.2) is 0 Å². The van der Waals surface area contributed by atoms with Crippen LogP contribution in [0.1, 0.15) is 32.3 Å². The third-order valence-electron chi connectivity index (χ3n) is 6.29. The maximum atomic E-state index is 13.2. The van der Waals surface area contributed by atoms with Crippen LogP contribution in [-0.4, -0.2) is 59.9 Å². The molecule has 8 nitrogen and oxygen atoms in total. The highest BCUT2D eigenvalue weighted by atomic mass is 16.5. The summed E-state index contributed by atoms with van der Waals surface area (Å²) in [4.78, 5) is 53.4. The first-order chi connectivity index (χ1) is 15.3. The van der Waals surface area contributed by atoms with Crippen LogP contribution in [0.5, 0.6) is 0 Å². The average Bonchev–Trinajstić information content (AvgIpc) is 3.02. The van der Waals surface area contributed by atoms with Gasteiger partial charge >= 0.3 is 12.0 Å². The summed E-state index contributed by atoms with van der Waals surface area (Å²) in [5.41, 5.74) is -0.596. The SMILES string of the molecule is CCOC(=O)[C@@H]1CCCN(C(=O)CN2C(=O)N[C@](C)(c3ccc4ccccc4c3)C2=O)C1. The monoisotopic (exact) mass is 437 g/mol. The number of hydrogen-bond donors (Lipinski definition) is 1. The lowest BCUT2D eigenvalue weighted by Crippen LogP contribution is -2.48. The molecule has 2 fully saturated rings. The molecule has 2 atom stereocenters. The molecule has 168 valence electrons. The van der Waals surface area contributed by atoms with Crippen molar-refractivity contribution in [2.45, 2.75) is 32.2 Å². The number of carbonyl (C=O) groups is 4. The largest absolute Gasteiger partial charge is 0.466 e. The lowest BCUT2D eigenvalue weighted by Gasteiger charge is -2.32. The number of esters is 1. The third kappa shape index (κ3) is 3.92. The Kier molecular flexibility index (Phi) is 5.86. The molecule has 2 saturated heterocycles. The zero-order valence-corrected chi connectivity index (χ0v) is 18.3. The first-order valence-corrected chi connectivity index (χ1v) is 10.9. The van der Waals surface area contributed by atoms with Crippen LogP contribution in [0.4, 0.5) is 4.79 Å². The number of ether oxygens (including phenoxy) is 1. The number of nitrogens with zero attached hydrogens (tertiary/aromatic N) is 2. The van der Waals surface area contributed by atoms with Crippen molar-refractivity contribution in [1.82, 2.24) is 15.1 Å². The minimum Gasteiger partial charge on any atom is -0.466 e. The molecule has 8 heteroatoms. The highest BCUT2D eigenvalue weighted by molar-refractivity contribution is 6.09. The number of nitrogens with one attached hydrogen (secondary N) is 1. The van der Waals surface area contributed by atoms with Crippen LogP contribution in [0.3, 0.4) is 0 Å². The van der Waals surface area contributed by atoms with E-state index in [1.807, 2.05) is 42.5 Å². The van der Waals surface area contributed by atoms with E-state index >= 15 is 0 Å². The molecule has 2 aromatic carbocycles. The summed E-state index contributed by atoms with van der Waals surface area (Å²) in [7, 11) is 0. The predicted molar refractivity (Wildman–Crippen MR) is 117 cm³/mol. The summed E-state index contributed by atoms with van der Waals surface area (Å²) in [6.45, 7) is 4.05. The molecule has 32 heavy (non-hydrogen) atoms. The highest BCUT2D eigenvalue weighted by Crippen LogP contribution is 2.31.